The van der Waals surface area contributed by atoms with Gasteiger partial charge in [0.2, 0.25) is 5.91 Å². The van der Waals surface area contributed by atoms with Gasteiger partial charge in [-0.15, -0.1) is 0 Å². The van der Waals surface area contributed by atoms with Crippen molar-refractivity contribution in [2.75, 3.05) is 19.6 Å². The molecule has 1 heterocycles. The number of amides is 1. The van der Waals surface area contributed by atoms with E-state index in [4.69, 9.17) is 5.73 Å². The molecule has 1 aliphatic heterocycles. The fourth-order valence-corrected chi connectivity index (χ4v) is 4.40. The standard InChI is InChI=1S/C21H33N3O/c22-17-21(9-2-1-3-10-21)14-20(25)23-15-18-7-6-8-19(13-18)16-24-11-4-5-12-24/h6-8,13H,1-5,9-12,14-17,22H2,(H,23,25). The highest BCUT2D eigenvalue weighted by Gasteiger charge is 2.32. The predicted molar refractivity (Wildman–Crippen MR) is 102 cm³/mol. The normalized spacial score (nSPS) is 20.5. The highest BCUT2D eigenvalue weighted by atomic mass is 16.1. The molecule has 0 aromatic heterocycles. The first-order valence-corrected chi connectivity index (χ1v) is 9.96. The molecule has 1 amide bonds. The summed E-state index contributed by atoms with van der Waals surface area (Å²) in [4.78, 5) is 14.9. The number of rotatable bonds is 7. The third-order valence-electron chi connectivity index (χ3n) is 5.97. The molecule has 4 heteroatoms. The molecule has 138 valence electrons. The zero-order valence-electron chi connectivity index (χ0n) is 15.4. The van der Waals surface area contributed by atoms with Crippen LogP contribution in [0.3, 0.4) is 0 Å². The van der Waals surface area contributed by atoms with Gasteiger partial charge in [0.25, 0.3) is 0 Å². The number of benzene rings is 1. The fraction of sp³-hybridized carbons (Fsp3) is 0.667. The third kappa shape index (κ3) is 5.29. The van der Waals surface area contributed by atoms with Gasteiger partial charge in [-0.2, -0.15) is 0 Å². The molecule has 1 aliphatic carbocycles. The molecular formula is C21H33N3O. The minimum atomic E-state index is 0.0416. The van der Waals surface area contributed by atoms with E-state index in [1.54, 1.807) is 0 Å². The van der Waals surface area contributed by atoms with Crippen LogP contribution < -0.4 is 11.1 Å². The number of hydrogen-bond acceptors (Lipinski definition) is 3. The molecule has 1 saturated heterocycles. The van der Waals surface area contributed by atoms with Crippen LogP contribution in [0.5, 0.6) is 0 Å². The maximum atomic E-state index is 12.4. The summed E-state index contributed by atoms with van der Waals surface area (Å²) in [5.41, 5.74) is 8.59. The molecule has 2 aliphatic rings. The number of nitrogens with zero attached hydrogens (tertiary/aromatic N) is 1. The van der Waals surface area contributed by atoms with Crippen LogP contribution >= 0.6 is 0 Å². The number of hydrogen-bond donors (Lipinski definition) is 2. The Morgan fingerprint density at radius 3 is 2.52 bits per heavy atom. The predicted octanol–water partition coefficient (Wildman–Crippen LogP) is 3.20. The van der Waals surface area contributed by atoms with Crippen molar-refractivity contribution in [2.24, 2.45) is 11.1 Å². The Labute approximate surface area is 152 Å². The summed E-state index contributed by atoms with van der Waals surface area (Å²) in [5, 5.41) is 3.12. The minimum Gasteiger partial charge on any atom is -0.352 e. The van der Waals surface area contributed by atoms with Crippen LogP contribution in [0.1, 0.15) is 62.5 Å². The zero-order chi connectivity index (χ0) is 17.5. The summed E-state index contributed by atoms with van der Waals surface area (Å²) < 4.78 is 0. The van der Waals surface area contributed by atoms with Crippen molar-refractivity contribution in [1.29, 1.82) is 0 Å². The van der Waals surface area contributed by atoms with Crippen LogP contribution in [0.25, 0.3) is 0 Å². The summed E-state index contributed by atoms with van der Waals surface area (Å²) in [6, 6.07) is 8.63. The average Bonchev–Trinajstić information content (AvgIpc) is 3.14. The summed E-state index contributed by atoms with van der Waals surface area (Å²) >= 11 is 0. The van der Waals surface area contributed by atoms with E-state index in [0.717, 1.165) is 19.4 Å². The van der Waals surface area contributed by atoms with E-state index >= 15 is 0 Å². The van der Waals surface area contributed by atoms with Crippen LogP contribution in [-0.4, -0.2) is 30.4 Å². The van der Waals surface area contributed by atoms with Crippen molar-refractivity contribution >= 4 is 5.91 Å². The SMILES string of the molecule is NCC1(CC(=O)NCc2cccc(CN3CCCC3)c2)CCCCC1. The molecule has 0 atom stereocenters. The molecule has 4 nitrogen and oxygen atoms in total. The summed E-state index contributed by atoms with van der Waals surface area (Å²) in [5.74, 6) is 0.150. The quantitative estimate of drug-likeness (QED) is 0.799. The number of nitrogens with one attached hydrogen (secondary N) is 1. The van der Waals surface area contributed by atoms with Crippen LogP contribution in [0, 0.1) is 5.41 Å². The number of carbonyl (C=O) groups excluding carboxylic acids is 1. The topological polar surface area (TPSA) is 58.4 Å². The Morgan fingerprint density at radius 1 is 1.08 bits per heavy atom. The Hall–Kier alpha value is -1.39. The van der Waals surface area contributed by atoms with E-state index < -0.39 is 0 Å². The lowest BCUT2D eigenvalue weighted by Crippen LogP contribution is -2.38. The molecule has 1 aromatic carbocycles. The molecule has 0 radical (unpaired) electrons. The number of likely N-dealkylation sites (tertiary alicyclic amines) is 1. The first-order valence-electron chi connectivity index (χ1n) is 9.96. The largest absolute Gasteiger partial charge is 0.352 e. The van der Waals surface area contributed by atoms with Crippen LogP contribution in [0.15, 0.2) is 24.3 Å². The third-order valence-corrected chi connectivity index (χ3v) is 5.97. The van der Waals surface area contributed by atoms with Crippen molar-refractivity contribution in [1.82, 2.24) is 10.2 Å². The zero-order valence-corrected chi connectivity index (χ0v) is 15.4. The Kier molecular flexibility index (Phi) is 6.49. The van der Waals surface area contributed by atoms with Crippen LogP contribution in [-0.2, 0) is 17.9 Å². The van der Waals surface area contributed by atoms with Gasteiger partial charge in [-0.25, -0.2) is 0 Å². The first kappa shape index (κ1) is 18.4. The van der Waals surface area contributed by atoms with Gasteiger partial charge in [0.15, 0.2) is 0 Å². The molecule has 0 spiro atoms. The van der Waals surface area contributed by atoms with Crippen LogP contribution in [0.4, 0.5) is 0 Å². The summed E-state index contributed by atoms with van der Waals surface area (Å²) in [6.07, 6.45) is 9.12. The first-order chi connectivity index (χ1) is 12.2. The lowest BCUT2D eigenvalue weighted by atomic mass is 9.71. The molecule has 25 heavy (non-hydrogen) atoms. The smallest absolute Gasteiger partial charge is 0.220 e. The van der Waals surface area contributed by atoms with Gasteiger partial charge >= 0.3 is 0 Å². The molecule has 3 rings (SSSR count). The number of carbonyl (C=O) groups is 1. The van der Waals surface area contributed by atoms with E-state index in [2.05, 4.69) is 34.5 Å². The second-order valence-electron chi connectivity index (χ2n) is 8.02. The van der Waals surface area contributed by atoms with Gasteiger partial charge in [0.05, 0.1) is 0 Å². The lowest BCUT2D eigenvalue weighted by molar-refractivity contribution is -0.124. The monoisotopic (exact) mass is 343 g/mol. The van der Waals surface area contributed by atoms with Gasteiger partial charge < -0.3 is 11.1 Å². The minimum absolute atomic E-state index is 0.0416. The van der Waals surface area contributed by atoms with Crippen molar-refractivity contribution in [3.63, 3.8) is 0 Å². The van der Waals surface area contributed by atoms with E-state index in [-0.39, 0.29) is 11.3 Å². The van der Waals surface area contributed by atoms with E-state index in [1.165, 1.54) is 56.3 Å². The highest BCUT2D eigenvalue weighted by Crippen LogP contribution is 2.38. The van der Waals surface area contributed by atoms with E-state index in [9.17, 15) is 4.79 Å². The maximum absolute atomic E-state index is 12.4. The summed E-state index contributed by atoms with van der Waals surface area (Å²) in [6.45, 7) is 4.70. The Morgan fingerprint density at radius 2 is 1.80 bits per heavy atom. The molecular weight excluding hydrogens is 310 g/mol. The lowest BCUT2D eigenvalue weighted by Gasteiger charge is -2.35. The second-order valence-corrected chi connectivity index (χ2v) is 8.02. The highest BCUT2D eigenvalue weighted by molar-refractivity contribution is 5.76. The fourth-order valence-electron chi connectivity index (χ4n) is 4.40. The molecule has 2 fully saturated rings. The van der Waals surface area contributed by atoms with Gasteiger partial charge in [-0.05, 0) is 61.9 Å². The Bertz CT molecular complexity index is 560. The van der Waals surface area contributed by atoms with Crippen molar-refractivity contribution in [3.05, 3.63) is 35.4 Å². The number of nitrogens with two attached hydrogens (primary N) is 1. The van der Waals surface area contributed by atoms with E-state index in [0.29, 0.717) is 19.5 Å². The van der Waals surface area contributed by atoms with Gasteiger partial charge in [-0.1, -0.05) is 43.5 Å². The molecule has 1 aromatic rings. The molecule has 1 saturated carbocycles. The Balaban J connectivity index is 1.49. The van der Waals surface area contributed by atoms with Gasteiger partial charge in [0, 0.05) is 19.5 Å². The maximum Gasteiger partial charge on any atom is 0.220 e. The second kappa shape index (κ2) is 8.81. The van der Waals surface area contributed by atoms with Crippen LogP contribution in [0.2, 0.25) is 0 Å². The van der Waals surface area contributed by atoms with Crippen molar-refractivity contribution in [3.8, 4) is 0 Å². The van der Waals surface area contributed by atoms with Crippen molar-refractivity contribution < 1.29 is 4.79 Å². The van der Waals surface area contributed by atoms with Gasteiger partial charge in [0.1, 0.15) is 0 Å². The summed E-state index contributed by atoms with van der Waals surface area (Å²) in [7, 11) is 0. The van der Waals surface area contributed by atoms with E-state index in [1.807, 2.05) is 0 Å². The van der Waals surface area contributed by atoms with Gasteiger partial charge in [-0.3, -0.25) is 9.69 Å². The molecule has 0 unspecified atom stereocenters. The average molecular weight is 344 g/mol. The molecule has 3 N–H and O–H groups in total. The van der Waals surface area contributed by atoms with Crippen molar-refractivity contribution in [2.45, 2.75) is 64.5 Å². The molecule has 0 bridgehead atoms.